The van der Waals surface area contributed by atoms with E-state index in [0.29, 0.717) is 138 Å². The van der Waals surface area contributed by atoms with Crippen LogP contribution in [0.1, 0.15) is 143 Å². The Labute approximate surface area is 875 Å². The second-order valence-corrected chi connectivity index (χ2v) is 38.4. The molecule has 4 aliphatic heterocycles. The number of carbonyl (C=O) groups excluding carboxylic acids is 4. The number of para-hydroxylation sites is 1. The normalized spacial score (nSPS) is 15.1. The maximum absolute atomic E-state index is 13.4. The highest BCUT2D eigenvalue weighted by atomic mass is 35.5. The van der Waals surface area contributed by atoms with E-state index in [2.05, 4.69) is 19.9 Å². The summed E-state index contributed by atoms with van der Waals surface area (Å²) in [6.07, 6.45) is 8.15. The third-order valence-electron chi connectivity index (χ3n) is 25.4. The summed E-state index contributed by atoms with van der Waals surface area (Å²) in [5, 5.41) is 7.26. The molecule has 16 aromatic rings. The van der Waals surface area contributed by atoms with Crippen molar-refractivity contribution >= 4 is 172 Å². The van der Waals surface area contributed by atoms with Crippen molar-refractivity contribution in [3.63, 3.8) is 0 Å². The van der Waals surface area contributed by atoms with Gasteiger partial charge in [-0.15, -0.1) is 46.4 Å². The number of amides is 4. The third kappa shape index (κ3) is 25.0. The Morgan fingerprint density at radius 1 is 0.278 bits per heavy atom. The first kappa shape index (κ1) is 103. The molecule has 20 rings (SSSR count). The van der Waals surface area contributed by atoms with E-state index in [1.165, 1.54) is 72.8 Å². The Hall–Kier alpha value is -12.5. The molecule has 0 saturated heterocycles. The fourth-order valence-corrected chi connectivity index (χ4v) is 19.9. The van der Waals surface area contributed by atoms with Gasteiger partial charge in [0.2, 0.25) is 0 Å². The summed E-state index contributed by atoms with van der Waals surface area (Å²) in [6.45, 7) is 4.17. The van der Waals surface area contributed by atoms with E-state index < -0.39 is 54.1 Å². The molecule has 32 heteroatoms. The van der Waals surface area contributed by atoms with Gasteiger partial charge in [-0.3, -0.25) is 19.6 Å². The molecule has 4 aromatic heterocycles. The molecule has 0 radical (unpaired) electrons. The van der Waals surface area contributed by atoms with Gasteiger partial charge in [0.1, 0.15) is 81.9 Å². The summed E-state index contributed by atoms with van der Waals surface area (Å²) in [6, 6.07) is 75.7. The molecule has 144 heavy (non-hydrogen) atoms. The number of fused-ring (bicyclic) bond motifs is 12. The molecular formula is C112H100Cl9F3N8O12. The lowest BCUT2D eigenvalue weighted by Gasteiger charge is -2.35. The maximum atomic E-state index is 13.4. The zero-order valence-corrected chi connectivity index (χ0v) is 84.7. The van der Waals surface area contributed by atoms with Crippen LogP contribution in [-0.2, 0) is 25.7 Å². The van der Waals surface area contributed by atoms with Gasteiger partial charge >= 0.3 is 24.4 Å². The Balaban J connectivity index is 0.000000132. The number of benzene rings is 12. The predicted octanol–water partition coefficient (Wildman–Crippen LogP) is 30.5. The van der Waals surface area contributed by atoms with Crippen molar-refractivity contribution in [1.29, 1.82) is 0 Å². The Bertz CT molecular complexity index is 7130. The second kappa shape index (κ2) is 48.9. The molecule has 4 unspecified atom stereocenters. The largest absolute Gasteiger partial charge is 0.494 e. The lowest BCUT2D eigenvalue weighted by molar-refractivity contribution is 0.134. The van der Waals surface area contributed by atoms with Crippen LogP contribution in [0.3, 0.4) is 0 Å². The Morgan fingerprint density at radius 2 is 0.521 bits per heavy atom. The topological polar surface area (TPSA) is 218 Å². The number of hydrogen-bond acceptors (Lipinski definition) is 12. The van der Waals surface area contributed by atoms with Gasteiger partial charge in [-0.05, 0) is 315 Å². The SMILES string of the molecule is O=C(Oc1ccc(F)cc1)N1CCc2c([nH]c3ccc(Cl)cc23)C1c1ccc(OCCCCCCCl)cc1.O=C(Oc1ccc(F)cc1)N1CCc2c([nH]c3ccc(Cl)cc23)C1c1ccc(OCCCCCl)cc1.O=C(Oc1ccc(F)cc1)N1CCc2c([nH]c3ccc(Cl)cc23)C1c1ccc(OCCCCl)cc1.O=C(Oc1ccccc1Cl)N1CCc2c([nH]c3ccc(Cl)cc23)C1c1ccc(OCCCCl)cc1. The minimum atomic E-state index is -0.508. The molecule has 744 valence electrons. The summed E-state index contributed by atoms with van der Waals surface area (Å²) in [4.78, 5) is 74.3. The third-order valence-corrected chi connectivity index (χ3v) is 27.7. The number of carbonyl (C=O) groups is 4. The van der Waals surface area contributed by atoms with Crippen molar-refractivity contribution in [3.8, 4) is 46.0 Å². The van der Waals surface area contributed by atoms with E-state index in [1.54, 1.807) is 43.9 Å². The average Bonchev–Trinajstić information content (AvgIpc) is 1.69. The van der Waals surface area contributed by atoms with Crippen LogP contribution in [0.4, 0.5) is 32.3 Å². The van der Waals surface area contributed by atoms with Crippen LogP contribution < -0.4 is 37.9 Å². The molecule has 20 nitrogen and oxygen atoms in total. The Morgan fingerprint density at radius 3 is 0.799 bits per heavy atom. The lowest BCUT2D eigenvalue weighted by Crippen LogP contribution is -2.42. The molecule has 4 aliphatic rings. The quantitative estimate of drug-likeness (QED) is 0.0266. The van der Waals surface area contributed by atoms with Gasteiger partial charge in [0.05, 0.1) is 31.5 Å². The highest BCUT2D eigenvalue weighted by Gasteiger charge is 2.41. The highest BCUT2D eigenvalue weighted by Crippen LogP contribution is 2.47. The van der Waals surface area contributed by atoms with Crippen LogP contribution in [0, 0.1) is 17.5 Å². The smallest absolute Gasteiger partial charge is 0.416 e. The summed E-state index contributed by atoms with van der Waals surface area (Å²) in [7, 11) is 0. The molecule has 12 aromatic carbocycles. The van der Waals surface area contributed by atoms with Crippen LogP contribution in [0.5, 0.6) is 46.0 Å². The molecule has 8 heterocycles. The van der Waals surface area contributed by atoms with Crippen molar-refractivity contribution in [3.05, 3.63) is 377 Å². The number of alkyl halides is 4. The first-order chi connectivity index (χ1) is 70.1. The van der Waals surface area contributed by atoms with Gasteiger partial charge in [0.25, 0.3) is 0 Å². The van der Waals surface area contributed by atoms with Crippen LogP contribution in [0.15, 0.2) is 267 Å². The summed E-state index contributed by atoms with van der Waals surface area (Å²) >= 11 is 54.4. The van der Waals surface area contributed by atoms with Crippen molar-refractivity contribution in [1.82, 2.24) is 39.5 Å². The van der Waals surface area contributed by atoms with Crippen molar-refractivity contribution in [2.24, 2.45) is 0 Å². The van der Waals surface area contributed by atoms with Crippen molar-refractivity contribution in [2.75, 3.05) is 76.1 Å². The van der Waals surface area contributed by atoms with Gasteiger partial charge < -0.3 is 57.8 Å². The molecule has 0 spiro atoms. The van der Waals surface area contributed by atoms with Gasteiger partial charge in [-0.1, -0.05) is 132 Å². The van der Waals surface area contributed by atoms with Crippen LogP contribution in [0.25, 0.3) is 43.6 Å². The number of ether oxygens (including phenoxy) is 8. The van der Waals surface area contributed by atoms with E-state index in [4.69, 9.17) is 142 Å². The zero-order valence-electron chi connectivity index (χ0n) is 77.9. The Kier molecular flexibility index (Phi) is 35.0. The molecule has 0 fully saturated rings. The number of aromatic amines is 4. The number of hydrogen-bond donors (Lipinski definition) is 4. The second-order valence-electron chi connectivity index (χ2n) is 34.7. The van der Waals surface area contributed by atoms with E-state index in [0.717, 1.165) is 185 Å². The zero-order chi connectivity index (χ0) is 100. The fraction of sp³-hybridized carbons (Fsp3) is 0.250. The average molecular weight is 2130 g/mol. The monoisotopic (exact) mass is 2120 g/mol. The van der Waals surface area contributed by atoms with E-state index in [1.807, 2.05) is 170 Å². The van der Waals surface area contributed by atoms with E-state index in [9.17, 15) is 32.3 Å². The molecular weight excluding hydrogens is 2030 g/mol. The number of nitrogens with one attached hydrogen (secondary N) is 4. The van der Waals surface area contributed by atoms with Crippen LogP contribution >= 0.6 is 104 Å². The van der Waals surface area contributed by atoms with E-state index in [-0.39, 0.29) is 23.4 Å². The fourth-order valence-electron chi connectivity index (χ4n) is 18.5. The maximum Gasteiger partial charge on any atom is 0.416 e. The minimum absolute atomic E-state index is 0.285. The first-order valence-electron chi connectivity index (χ1n) is 47.4. The van der Waals surface area contributed by atoms with Gasteiger partial charge in [-0.25, -0.2) is 32.3 Å². The number of aromatic nitrogens is 4. The number of nitrogens with zero attached hydrogens (tertiary/aromatic N) is 4. The van der Waals surface area contributed by atoms with Crippen LogP contribution in [0.2, 0.25) is 25.1 Å². The number of H-pyrrole nitrogens is 4. The van der Waals surface area contributed by atoms with Crippen molar-refractivity contribution in [2.45, 2.75) is 101 Å². The highest BCUT2D eigenvalue weighted by molar-refractivity contribution is 6.33. The molecule has 0 bridgehead atoms. The van der Waals surface area contributed by atoms with Gasteiger partial charge in [0, 0.05) is 136 Å². The van der Waals surface area contributed by atoms with Crippen molar-refractivity contribution < 1.29 is 70.2 Å². The number of rotatable bonds is 28. The molecule has 0 saturated carbocycles. The van der Waals surface area contributed by atoms with Crippen LogP contribution in [-0.4, -0.2) is 140 Å². The van der Waals surface area contributed by atoms with Gasteiger partial charge in [0.15, 0.2) is 5.75 Å². The molecule has 4 N–H and O–H groups in total. The number of halogens is 12. The molecule has 4 atom stereocenters. The standard InChI is InChI=1S/C30H29Cl2FN2O3.C28H25Cl2FN2O3.C27H23Cl3N2O3.C27H23Cl2FN2O3/c31-16-3-1-2-4-18-37-23-10-5-20(6-11-23)29-28-25(26-19-21(32)7-14-27(26)34-28)15-17-35(29)30(36)38-24-12-8-22(33)9-13-24;29-14-1-2-16-35-21-8-3-18(4-9-21)27-26-23(24-17-19(30)5-12-25(24)32-26)13-15-33(27)28(34)36-22-10-6-20(31)7-11-22;28-13-3-15-34-19-9-6-17(7-10-19)26-25-20(21-16-18(29)8-11-23(21)31-25)12-14-32(26)27(33)35-24-5-2-1-4-22(24)30;28-13-1-15-34-20-7-2-17(3-8-20)26-25-22(23-16-18(29)4-11-24(23)31-25)12-14-32(26)27(33)35-21-9-5-19(30)6-10-21/h5-14,19,29,34H,1-4,15-18H2;3-12,17,27,32H,1-2,13-16H2;1-2,4-11,16,26,31H,3,12-15H2;2-11,16,26,31H,1,12-15H2. The number of unbranched alkanes of at least 4 members (excludes halogenated alkanes) is 4. The summed E-state index contributed by atoms with van der Waals surface area (Å²) in [5.74, 6) is 5.45. The minimum Gasteiger partial charge on any atom is -0.494 e. The molecule has 4 amide bonds. The molecule has 0 aliphatic carbocycles. The lowest BCUT2D eigenvalue weighted by atomic mass is 9.92. The van der Waals surface area contributed by atoms with Gasteiger partial charge in [-0.2, -0.15) is 0 Å². The summed E-state index contributed by atoms with van der Waals surface area (Å²) in [5.41, 5.74) is 15.8. The predicted molar refractivity (Wildman–Crippen MR) is 565 cm³/mol. The first-order valence-corrected chi connectivity index (χ1v) is 51.5. The summed E-state index contributed by atoms with van der Waals surface area (Å²) < 4.78 is 85.8. The van der Waals surface area contributed by atoms with E-state index >= 15 is 0 Å².